The molecule has 0 unspecified atom stereocenters. The predicted octanol–water partition coefficient (Wildman–Crippen LogP) is -0.331. The molecule has 0 aromatic heterocycles. The minimum absolute atomic E-state index is 0.0607. The Bertz CT molecular complexity index is 420. The van der Waals surface area contributed by atoms with E-state index in [9.17, 15) is 14.4 Å². The molecule has 0 heterocycles. The third-order valence-electron chi connectivity index (χ3n) is 2.35. The Morgan fingerprint density at radius 2 is 1.79 bits per heavy atom. The summed E-state index contributed by atoms with van der Waals surface area (Å²) in [5.74, 6) is -0.534. The molecule has 6 nitrogen and oxygen atoms in total. The molecule has 3 N–H and O–H groups in total. The number of carbonyl (C=O) groups excluding carboxylic acids is 3. The first kappa shape index (κ1) is 14.7. The monoisotopic (exact) mass is 263 g/mol. The van der Waals surface area contributed by atoms with Crippen LogP contribution in [-0.4, -0.2) is 37.9 Å². The summed E-state index contributed by atoms with van der Waals surface area (Å²) in [5.41, 5.74) is 0.519. The van der Waals surface area contributed by atoms with Crippen LogP contribution in [0.2, 0.25) is 0 Å². The second-order valence-corrected chi connectivity index (χ2v) is 3.82. The van der Waals surface area contributed by atoms with Crippen LogP contribution in [0.4, 0.5) is 0 Å². The molecule has 6 heteroatoms. The molecule has 0 aliphatic carbocycles. The van der Waals surface area contributed by atoms with Crippen LogP contribution in [-0.2, 0) is 9.59 Å². The summed E-state index contributed by atoms with van der Waals surface area (Å²) in [6.45, 7) is 0.913. The van der Waals surface area contributed by atoms with Crippen molar-refractivity contribution in [3.63, 3.8) is 0 Å². The van der Waals surface area contributed by atoms with Crippen molar-refractivity contribution < 1.29 is 14.4 Å². The Labute approximate surface area is 111 Å². The molecule has 0 radical (unpaired) electrons. The van der Waals surface area contributed by atoms with Crippen molar-refractivity contribution in [2.24, 2.45) is 0 Å². The summed E-state index contributed by atoms with van der Waals surface area (Å²) in [5, 5.41) is 7.66. The van der Waals surface area contributed by atoms with Crippen LogP contribution in [0.15, 0.2) is 30.3 Å². The standard InChI is InChI=1S/C13H17N3O3/c17-10-14-7-4-8-15-12(18)9-16-13(19)11-5-2-1-3-6-11/h1-3,5-6,10H,4,7-9H2,(H,14,17)(H,15,18)(H,16,19). The predicted molar refractivity (Wildman–Crippen MR) is 70.5 cm³/mol. The van der Waals surface area contributed by atoms with Gasteiger partial charge >= 0.3 is 0 Å². The molecule has 1 rings (SSSR count). The largest absolute Gasteiger partial charge is 0.359 e. The molecule has 0 aliphatic rings. The second kappa shape index (κ2) is 8.68. The van der Waals surface area contributed by atoms with E-state index in [4.69, 9.17) is 0 Å². The fourth-order valence-electron chi connectivity index (χ4n) is 1.39. The number of benzene rings is 1. The fourth-order valence-corrected chi connectivity index (χ4v) is 1.39. The second-order valence-electron chi connectivity index (χ2n) is 3.82. The van der Waals surface area contributed by atoms with Crippen LogP contribution in [0.3, 0.4) is 0 Å². The highest BCUT2D eigenvalue weighted by atomic mass is 16.2. The van der Waals surface area contributed by atoms with Gasteiger partial charge in [0.25, 0.3) is 5.91 Å². The first-order valence-corrected chi connectivity index (χ1v) is 6.01. The van der Waals surface area contributed by atoms with E-state index in [-0.39, 0.29) is 18.4 Å². The normalized spacial score (nSPS) is 9.47. The van der Waals surface area contributed by atoms with Crippen LogP contribution in [0.25, 0.3) is 0 Å². The quantitative estimate of drug-likeness (QED) is 0.443. The fraction of sp³-hybridized carbons (Fsp3) is 0.308. The van der Waals surface area contributed by atoms with Gasteiger partial charge in [0, 0.05) is 18.7 Å². The smallest absolute Gasteiger partial charge is 0.251 e. The Kier molecular flexibility index (Phi) is 6.71. The van der Waals surface area contributed by atoms with Crippen molar-refractivity contribution in [1.82, 2.24) is 16.0 Å². The summed E-state index contributed by atoms with van der Waals surface area (Å²) in [6, 6.07) is 8.69. The minimum atomic E-state index is -0.279. The highest BCUT2D eigenvalue weighted by molar-refractivity contribution is 5.96. The van der Waals surface area contributed by atoms with Crippen molar-refractivity contribution in [2.75, 3.05) is 19.6 Å². The van der Waals surface area contributed by atoms with Gasteiger partial charge in [-0.3, -0.25) is 14.4 Å². The Morgan fingerprint density at radius 3 is 2.47 bits per heavy atom. The van der Waals surface area contributed by atoms with E-state index in [1.54, 1.807) is 24.3 Å². The van der Waals surface area contributed by atoms with Gasteiger partial charge in [-0.05, 0) is 18.6 Å². The zero-order valence-electron chi connectivity index (χ0n) is 10.5. The molecule has 0 saturated heterocycles. The van der Waals surface area contributed by atoms with Crippen LogP contribution in [0.5, 0.6) is 0 Å². The topological polar surface area (TPSA) is 87.3 Å². The van der Waals surface area contributed by atoms with Crippen molar-refractivity contribution in [3.05, 3.63) is 35.9 Å². The van der Waals surface area contributed by atoms with Gasteiger partial charge in [-0.2, -0.15) is 0 Å². The Morgan fingerprint density at radius 1 is 1.05 bits per heavy atom. The molecular formula is C13H17N3O3. The lowest BCUT2D eigenvalue weighted by Gasteiger charge is -2.06. The first-order valence-electron chi connectivity index (χ1n) is 6.01. The molecule has 0 spiro atoms. The Hall–Kier alpha value is -2.37. The van der Waals surface area contributed by atoms with Gasteiger partial charge in [0.2, 0.25) is 12.3 Å². The maximum absolute atomic E-state index is 11.6. The number of nitrogens with one attached hydrogen (secondary N) is 3. The van der Waals surface area contributed by atoms with Gasteiger partial charge in [0.1, 0.15) is 0 Å². The highest BCUT2D eigenvalue weighted by Gasteiger charge is 2.06. The molecule has 0 atom stereocenters. The Balaban J connectivity index is 2.16. The van der Waals surface area contributed by atoms with Crippen LogP contribution >= 0.6 is 0 Å². The van der Waals surface area contributed by atoms with E-state index in [1.165, 1.54) is 0 Å². The zero-order valence-corrected chi connectivity index (χ0v) is 10.5. The van der Waals surface area contributed by atoms with Gasteiger partial charge in [-0.25, -0.2) is 0 Å². The average Bonchev–Trinajstić information content (AvgIpc) is 2.45. The SMILES string of the molecule is O=CNCCCNC(=O)CNC(=O)c1ccccc1. The van der Waals surface area contributed by atoms with Crippen LogP contribution in [0, 0.1) is 0 Å². The molecular weight excluding hydrogens is 246 g/mol. The number of hydrogen-bond donors (Lipinski definition) is 3. The molecule has 3 amide bonds. The third kappa shape index (κ3) is 6.21. The minimum Gasteiger partial charge on any atom is -0.359 e. The summed E-state index contributed by atoms with van der Waals surface area (Å²) in [4.78, 5) is 33.0. The summed E-state index contributed by atoms with van der Waals surface area (Å²) >= 11 is 0. The van der Waals surface area contributed by atoms with Gasteiger partial charge < -0.3 is 16.0 Å². The third-order valence-corrected chi connectivity index (χ3v) is 2.35. The highest BCUT2D eigenvalue weighted by Crippen LogP contribution is 1.97. The summed E-state index contributed by atoms with van der Waals surface area (Å²) in [6.07, 6.45) is 1.26. The molecule has 102 valence electrons. The van der Waals surface area contributed by atoms with Crippen molar-refractivity contribution >= 4 is 18.2 Å². The summed E-state index contributed by atoms with van der Waals surface area (Å²) < 4.78 is 0. The van der Waals surface area contributed by atoms with E-state index < -0.39 is 0 Å². The van der Waals surface area contributed by atoms with E-state index in [0.717, 1.165) is 0 Å². The van der Waals surface area contributed by atoms with Gasteiger partial charge in [-0.1, -0.05) is 18.2 Å². The van der Waals surface area contributed by atoms with Crippen LogP contribution < -0.4 is 16.0 Å². The lowest BCUT2D eigenvalue weighted by atomic mass is 10.2. The van der Waals surface area contributed by atoms with E-state index in [1.807, 2.05) is 6.07 Å². The number of hydrogen-bond acceptors (Lipinski definition) is 3. The maximum Gasteiger partial charge on any atom is 0.251 e. The zero-order chi connectivity index (χ0) is 13.9. The molecule has 1 aromatic carbocycles. The molecule has 0 aliphatic heterocycles. The number of carbonyl (C=O) groups is 3. The molecule has 19 heavy (non-hydrogen) atoms. The molecule has 0 saturated carbocycles. The maximum atomic E-state index is 11.6. The van der Waals surface area contributed by atoms with Gasteiger partial charge in [-0.15, -0.1) is 0 Å². The molecule has 0 bridgehead atoms. The van der Waals surface area contributed by atoms with Crippen LogP contribution in [0.1, 0.15) is 16.8 Å². The van der Waals surface area contributed by atoms with Crippen molar-refractivity contribution in [2.45, 2.75) is 6.42 Å². The lowest BCUT2D eigenvalue weighted by Crippen LogP contribution is -2.37. The summed E-state index contributed by atoms with van der Waals surface area (Å²) in [7, 11) is 0. The molecule has 0 fully saturated rings. The number of amides is 3. The first-order chi connectivity index (χ1) is 9.24. The lowest BCUT2D eigenvalue weighted by molar-refractivity contribution is -0.120. The average molecular weight is 263 g/mol. The van der Waals surface area contributed by atoms with Crippen molar-refractivity contribution in [3.8, 4) is 0 Å². The van der Waals surface area contributed by atoms with E-state index >= 15 is 0 Å². The van der Waals surface area contributed by atoms with E-state index in [2.05, 4.69) is 16.0 Å². The van der Waals surface area contributed by atoms with E-state index in [0.29, 0.717) is 31.5 Å². The number of rotatable bonds is 8. The van der Waals surface area contributed by atoms with Gasteiger partial charge in [0.05, 0.1) is 6.54 Å². The van der Waals surface area contributed by atoms with Gasteiger partial charge in [0.15, 0.2) is 0 Å². The van der Waals surface area contributed by atoms with Crippen molar-refractivity contribution in [1.29, 1.82) is 0 Å². The molecule has 1 aromatic rings.